The number of aromatic amines is 1. The minimum atomic E-state index is -0.0897. The molecule has 3 aromatic heterocycles. The predicted octanol–water partition coefficient (Wildman–Crippen LogP) is 5.15. The van der Waals surface area contributed by atoms with Crippen molar-refractivity contribution in [2.45, 2.75) is 36.9 Å². The number of thiophene rings is 1. The molecule has 3 heterocycles. The van der Waals surface area contributed by atoms with Crippen molar-refractivity contribution in [3.63, 3.8) is 0 Å². The Bertz CT molecular complexity index is 1580. The van der Waals surface area contributed by atoms with Crippen LogP contribution in [-0.4, -0.2) is 24.9 Å². The Balaban J connectivity index is 1.31. The van der Waals surface area contributed by atoms with Crippen molar-refractivity contribution in [2.24, 2.45) is 0 Å². The fourth-order valence-corrected chi connectivity index (χ4v) is 6.30. The van der Waals surface area contributed by atoms with Gasteiger partial charge in [-0.15, -0.1) is 11.3 Å². The third-order valence-electron chi connectivity index (χ3n) is 6.08. The Labute approximate surface area is 197 Å². The second-order valence-electron chi connectivity index (χ2n) is 8.32. The van der Waals surface area contributed by atoms with Crippen LogP contribution in [0, 0.1) is 0 Å². The van der Waals surface area contributed by atoms with Crippen LogP contribution < -0.4 is 11.2 Å². The lowest BCUT2D eigenvalue weighted by Crippen LogP contribution is -2.22. The number of para-hydroxylation sites is 3. The summed E-state index contributed by atoms with van der Waals surface area (Å²) in [6.07, 6.45) is 3.09. The number of aromatic nitrogens is 4. The number of H-pyrrole nitrogens is 1. The van der Waals surface area contributed by atoms with Gasteiger partial charge in [-0.1, -0.05) is 42.1 Å². The highest BCUT2D eigenvalue weighted by atomic mass is 32.2. The smallest absolute Gasteiger partial charge is 0.306 e. The van der Waals surface area contributed by atoms with Crippen LogP contribution in [0.2, 0.25) is 0 Å². The molecule has 2 aromatic carbocycles. The molecule has 0 saturated heterocycles. The van der Waals surface area contributed by atoms with Gasteiger partial charge in [0.25, 0.3) is 5.56 Å². The molecule has 0 aliphatic heterocycles. The molecule has 1 aliphatic rings. The van der Waals surface area contributed by atoms with E-state index < -0.39 is 0 Å². The standard InChI is InChI=1S/C25H22N4O2S2/c30-23-21-18(16-11-12-16)15-33-22(21)27-25(29(23)17-7-2-1-3-8-17)32-14-6-13-28-20-10-5-4-9-19(20)26-24(28)31/h1-5,7-10,15-16H,6,11-14H2,(H,26,31). The number of hydrogen-bond donors (Lipinski definition) is 1. The normalized spacial score (nSPS) is 13.8. The fraction of sp³-hybridized carbons (Fsp3) is 0.240. The highest BCUT2D eigenvalue weighted by Gasteiger charge is 2.29. The van der Waals surface area contributed by atoms with E-state index in [2.05, 4.69) is 10.4 Å². The first kappa shape index (κ1) is 20.5. The summed E-state index contributed by atoms with van der Waals surface area (Å²) in [4.78, 5) is 34.6. The molecule has 0 amide bonds. The molecule has 1 aliphatic carbocycles. The van der Waals surface area contributed by atoms with Crippen LogP contribution in [0.1, 0.15) is 30.7 Å². The Morgan fingerprint density at radius 1 is 1.06 bits per heavy atom. The number of thioether (sulfide) groups is 1. The van der Waals surface area contributed by atoms with Crippen molar-refractivity contribution in [3.8, 4) is 5.69 Å². The zero-order chi connectivity index (χ0) is 22.4. The lowest BCUT2D eigenvalue weighted by molar-refractivity contribution is 0.678. The van der Waals surface area contributed by atoms with Gasteiger partial charge in [-0.3, -0.25) is 13.9 Å². The summed E-state index contributed by atoms with van der Waals surface area (Å²) in [5.74, 6) is 1.25. The molecule has 0 radical (unpaired) electrons. The first-order valence-electron chi connectivity index (χ1n) is 11.1. The summed E-state index contributed by atoms with van der Waals surface area (Å²) in [5.41, 5.74) is 3.69. The van der Waals surface area contributed by atoms with Crippen molar-refractivity contribution in [1.29, 1.82) is 0 Å². The Hall–Kier alpha value is -3.10. The van der Waals surface area contributed by atoms with Gasteiger partial charge in [-0.05, 0) is 60.4 Å². The number of hydrogen-bond acceptors (Lipinski definition) is 5. The van der Waals surface area contributed by atoms with Gasteiger partial charge in [-0.25, -0.2) is 9.78 Å². The van der Waals surface area contributed by atoms with E-state index in [-0.39, 0.29) is 11.2 Å². The molecule has 0 unspecified atom stereocenters. The van der Waals surface area contributed by atoms with Crippen molar-refractivity contribution in [1.82, 2.24) is 19.1 Å². The topological polar surface area (TPSA) is 72.7 Å². The Morgan fingerprint density at radius 3 is 2.67 bits per heavy atom. The van der Waals surface area contributed by atoms with Crippen LogP contribution in [0.15, 0.2) is 74.7 Å². The third kappa shape index (κ3) is 3.73. The minimum absolute atomic E-state index is 0.0182. The van der Waals surface area contributed by atoms with E-state index in [4.69, 9.17) is 4.98 Å². The van der Waals surface area contributed by atoms with Gasteiger partial charge in [-0.2, -0.15) is 0 Å². The molecule has 0 spiro atoms. The van der Waals surface area contributed by atoms with Crippen LogP contribution in [-0.2, 0) is 6.54 Å². The van der Waals surface area contributed by atoms with Crippen LogP contribution in [0.4, 0.5) is 0 Å². The number of benzene rings is 2. The molecule has 1 fully saturated rings. The molecule has 6 nitrogen and oxygen atoms in total. The molecule has 0 bridgehead atoms. The maximum atomic E-state index is 13.6. The second-order valence-corrected chi connectivity index (χ2v) is 10.2. The summed E-state index contributed by atoms with van der Waals surface area (Å²) in [6, 6.07) is 17.5. The lowest BCUT2D eigenvalue weighted by atomic mass is 10.1. The van der Waals surface area contributed by atoms with E-state index in [0.717, 1.165) is 57.5 Å². The molecule has 5 aromatic rings. The third-order valence-corrected chi connectivity index (χ3v) is 7.99. The largest absolute Gasteiger partial charge is 0.326 e. The molecule has 1 saturated carbocycles. The summed E-state index contributed by atoms with van der Waals surface area (Å²) >= 11 is 3.14. The molecule has 0 atom stereocenters. The zero-order valence-corrected chi connectivity index (χ0v) is 19.5. The average molecular weight is 475 g/mol. The Morgan fingerprint density at radius 2 is 1.85 bits per heavy atom. The lowest BCUT2D eigenvalue weighted by Gasteiger charge is -2.12. The number of aryl methyl sites for hydroxylation is 1. The zero-order valence-electron chi connectivity index (χ0n) is 17.9. The van der Waals surface area contributed by atoms with Crippen LogP contribution >= 0.6 is 23.1 Å². The van der Waals surface area contributed by atoms with Crippen LogP contribution in [0.25, 0.3) is 26.9 Å². The van der Waals surface area contributed by atoms with Gasteiger partial charge < -0.3 is 4.98 Å². The van der Waals surface area contributed by atoms with Gasteiger partial charge in [0.05, 0.1) is 22.1 Å². The van der Waals surface area contributed by atoms with Gasteiger partial charge in [0.15, 0.2) is 5.16 Å². The highest BCUT2D eigenvalue weighted by Crippen LogP contribution is 2.44. The molecule has 6 rings (SSSR count). The average Bonchev–Trinajstić information content (AvgIpc) is 3.50. The number of nitrogens with zero attached hydrogens (tertiary/aromatic N) is 3. The van der Waals surface area contributed by atoms with Gasteiger partial charge in [0, 0.05) is 12.3 Å². The maximum absolute atomic E-state index is 13.6. The van der Waals surface area contributed by atoms with Crippen LogP contribution in [0.3, 0.4) is 0 Å². The van der Waals surface area contributed by atoms with E-state index in [0.29, 0.717) is 17.6 Å². The van der Waals surface area contributed by atoms with Gasteiger partial charge in [0.1, 0.15) is 4.83 Å². The van der Waals surface area contributed by atoms with Crippen molar-refractivity contribution in [3.05, 3.63) is 86.4 Å². The van der Waals surface area contributed by atoms with E-state index in [1.54, 1.807) is 32.2 Å². The summed E-state index contributed by atoms with van der Waals surface area (Å²) in [6.45, 7) is 0.610. The second kappa shape index (κ2) is 8.35. The van der Waals surface area contributed by atoms with Crippen molar-refractivity contribution < 1.29 is 0 Å². The van der Waals surface area contributed by atoms with E-state index in [9.17, 15) is 9.59 Å². The number of imidazole rings is 1. The summed E-state index contributed by atoms with van der Waals surface area (Å²) < 4.78 is 3.53. The molecule has 33 heavy (non-hydrogen) atoms. The van der Waals surface area contributed by atoms with Gasteiger partial charge >= 0.3 is 5.69 Å². The number of rotatable bonds is 7. The predicted molar refractivity (Wildman–Crippen MR) is 135 cm³/mol. The van der Waals surface area contributed by atoms with Crippen molar-refractivity contribution in [2.75, 3.05) is 5.75 Å². The summed E-state index contributed by atoms with van der Waals surface area (Å²) in [5, 5.41) is 3.60. The van der Waals surface area contributed by atoms with Crippen molar-refractivity contribution >= 4 is 44.3 Å². The van der Waals surface area contributed by atoms with E-state index in [1.807, 2.05) is 54.6 Å². The van der Waals surface area contributed by atoms with Crippen LogP contribution in [0.5, 0.6) is 0 Å². The quantitative estimate of drug-likeness (QED) is 0.201. The first-order valence-corrected chi connectivity index (χ1v) is 13.0. The van der Waals surface area contributed by atoms with Gasteiger partial charge in [0.2, 0.25) is 0 Å². The number of fused-ring (bicyclic) bond motifs is 2. The molecular formula is C25H22N4O2S2. The Kier molecular flexibility index (Phi) is 5.19. The first-order chi connectivity index (χ1) is 16.2. The van der Waals surface area contributed by atoms with E-state index in [1.165, 1.54) is 0 Å². The molecule has 8 heteroatoms. The molecular weight excluding hydrogens is 452 g/mol. The SMILES string of the molecule is O=c1c2c(C3CC3)csc2nc(SCCCn2c(=O)[nH]c3ccccc32)n1-c1ccccc1. The molecule has 1 N–H and O–H groups in total. The fourth-order valence-electron chi connectivity index (χ4n) is 4.30. The maximum Gasteiger partial charge on any atom is 0.326 e. The number of nitrogens with one attached hydrogen (secondary N) is 1. The monoisotopic (exact) mass is 474 g/mol. The highest BCUT2D eigenvalue weighted by molar-refractivity contribution is 7.99. The summed E-state index contributed by atoms with van der Waals surface area (Å²) in [7, 11) is 0. The van der Waals surface area contributed by atoms with E-state index >= 15 is 0 Å². The minimum Gasteiger partial charge on any atom is -0.306 e. The molecule has 166 valence electrons.